The Hall–Kier alpha value is -2.94. The van der Waals surface area contributed by atoms with E-state index >= 15 is 0 Å². The Kier molecular flexibility index (Phi) is 3.91. The summed E-state index contributed by atoms with van der Waals surface area (Å²) >= 11 is 0. The Morgan fingerprint density at radius 3 is 2.70 bits per heavy atom. The van der Waals surface area contributed by atoms with Gasteiger partial charge < -0.3 is 9.73 Å². The summed E-state index contributed by atoms with van der Waals surface area (Å²) in [6, 6.07) is 9.65. The number of nitrogens with one attached hydrogen (secondary N) is 1. The van der Waals surface area contributed by atoms with Crippen molar-refractivity contribution in [1.29, 1.82) is 5.26 Å². The van der Waals surface area contributed by atoms with Gasteiger partial charge in [0.05, 0.1) is 6.07 Å². The Labute approximate surface area is 115 Å². The van der Waals surface area contributed by atoms with Gasteiger partial charge in [0.15, 0.2) is 11.7 Å². The quantitative estimate of drug-likeness (QED) is 0.676. The molecule has 1 atom stereocenters. The summed E-state index contributed by atoms with van der Waals surface area (Å²) in [6.07, 6.45) is 1.49. The zero-order chi connectivity index (χ0) is 14.5. The molecule has 0 bridgehead atoms. The first-order valence-electron chi connectivity index (χ1n) is 5.84. The van der Waals surface area contributed by atoms with Crippen LogP contribution in [-0.2, 0) is 4.79 Å². The molecule has 0 aliphatic rings. The number of nitriles is 1. The highest BCUT2D eigenvalue weighted by molar-refractivity contribution is 6.14. The Balaban J connectivity index is 2.14. The van der Waals surface area contributed by atoms with E-state index in [1.807, 2.05) is 0 Å². The van der Waals surface area contributed by atoms with Crippen molar-refractivity contribution in [1.82, 2.24) is 4.98 Å². The summed E-state index contributed by atoms with van der Waals surface area (Å²) in [7, 11) is 0. The summed E-state index contributed by atoms with van der Waals surface area (Å²) < 4.78 is 5.13. The molecule has 0 unspecified atom stereocenters. The number of ketones is 1. The van der Waals surface area contributed by atoms with Gasteiger partial charge in [0.1, 0.15) is 11.6 Å². The fourth-order valence-corrected chi connectivity index (χ4v) is 1.58. The maximum absolute atomic E-state index is 12.0. The first-order chi connectivity index (χ1) is 9.61. The molecule has 100 valence electrons. The van der Waals surface area contributed by atoms with Crippen LogP contribution in [0.3, 0.4) is 0 Å². The third-order valence-corrected chi connectivity index (χ3v) is 2.55. The highest BCUT2D eigenvalue weighted by Crippen LogP contribution is 2.14. The van der Waals surface area contributed by atoms with Gasteiger partial charge >= 0.3 is 0 Å². The molecule has 0 aliphatic heterocycles. The molecule has 0 saturated heterocycles. The van der Waals surface area contributed by atoms with Gasteiger partial charge in [-0.1, -0.05) is 6.07 Å². The predicted octanol–water partition coefficient (Wildman–Crippen LogP) is 1.94. The van der Waals surface area contributed by atoms with Crippen LogP contribution < -0.4 is 5.32 Å². The second kappa shape index (κ2) is 5.80. The van der Waals surface area contributed by atoms with Gasteiger partial charge in [-0.05, 0) is 31.2 Å². The van der Waals surface area contributed by atoms with Crippen molar-refractivity contribution in [2.24, 2.45) is 5.92 Å². The highest BCUT2D eigenvalue weighted by atomic mass is 16.3. The molecule has 20 heavy (non-hydrogen) atoms. The minimum Gasteiger partial charge on any atom is -0.458 e. The number of nitrogens with zero attached hydrogens (tertiary/aromatic N) is 2. The SMILES string of the molecule is Cc1ccc(C(=O)[C@H](C#N)C(=O)Nc2ccccn2)o1. The molecule has 2 aromatic rings. The van der Waals surface area contributed by atoms with Crippen molar-refractivity contribution in [3.63, 3.8) is 0 Å². The van der Waals surface area contributed by atoms with Crippen LogP contribution in [0.1, 0.15) is 16.3 Å². The lowest BCUT2D eigenvalue weighted by atomic mass is 10.0. The minimum atomic E-state index is -1.47. The van der Waals surface area contributed by atoms with E-state index in [0.29, 0.717) is 5.76 Å². The maximum atomic E-state index is 12.0. The van der Waals surface area contributed by atoms with Crippen LogP contribution in [0.15, 0.2) is 40.9 Å². The molecule has 1 N–H and O–H groups in total. The second-order valence-electron chi connectivity index (χ2n) is 4.04. The average molecular weight is 269 g/mol. The Bertz CT molecular complexity index is 670. The molecular formula is C14H11N3O3. The lowest BCUT2D eigenvalue weighted by Crippen LogP contribution is -2.28. The molecule has 1 amide bonds. The van der Waals surface area contributed by atoms with E-state index in [0.717, 1.165) is 0 Å². The van der Waals surface area contributed by atoms with E-state index in [-0.39, 0.29) is 11.6 Å². The van der Waals surface area contributed by atoms with Gasteiger partial charge in [0.25, 0.3) is 5.91 Å². The van der Waals surface area contributed by atoms with Crippen LogP contribution in [0.5, 0.6) is 0 Å². The predicted molar refractivity (Wildman–Crippen MR) is 69.7 cm³/mol. The number of hydrogen-bond donors (Lipinski definition) is 1. The number of aromatic nitrogens is 1. The van der Waals surface area contributed by atoms with Gasteiger partial charge in [-0.3, -0.25) is 9.59 Å². The van der Waals surface area contributed by atoms with Crippen molar-refractivity contribution < 1.29 is 14.0 Å². The van der Waals surface area contributed by atoms with Crippen LogP contribution in [-0.4, -0.2) is 16.7 Å². The molecule has 2 aromatic heterocycles. The molecule has 6 nitrogen and oxygen atoms in total. The smallest absolute Gasteiger partial charge is 0.251 e. The third-order valence-electron chi connectivity index (χ3n) is 2.55. The molecule has 0 aromatic carbocycles. The summed E-state index contributed by atoms with van der Waals surface area (Å²) in [5.74, 6) is -2.07. The number of Topliss-reactive ketones (excluding diaryl/α,β-unsaturated/α-hetero) is 1. The third kappa shape index (κ3) is 2.90. The number of hydrogen-bond acceptors (Lipinski definition) is 5. The molecule has 0 saturated carbocycles. The maximum Gasteiger partial charge on any atom is 0.251 e. The van der Waals surface area contributed by atoms with Crippen LogP contribution in [0, 0.1) is 24.2 Å². The lowest BCUT2D eigenvalue weighted by Gasteiger charge is -2.07. The normalized spacial score (nSPS) is 11.4. The summed E-state index contributed by atoms with van der Waals surface area (Å²) in [5.41, 5.74) is 0. The average Bonchev–Trinajstić information content (AvgIpc) is 2.87. The lowest BCUT2D eigenvalue weighted by molar-refractivity contribution is -0.117. The van der Waals surface area contributed by atoms with Crippen molar-refractivity contribution in [2.75, 3.05) is 5.32 Å². The summed E-state index contributed by atoms with van der Waals surface area (Å²) in [5, 5.41) is 11.4. The molecule has 0 radical (unpaired) electrons. The number of amides is 1. The minimum absolute atomic E-state index is 0.00905. The van der Waals surface area contributed by atoms with Crippen molar-refractivity contribution in [3.05, 3.63) is 48.0 Å². The number of carbonyl (C=O) groups excluding carboxylic acids is 2. The molecule has 2 heterocycles. The Morgan fingerprint density at radius 2 is 2.15 bits per heavy atom. The molecule has 0 spiro atoms. The molecule has 0 aliphatic carbocycles. The number of aryl methyl sites for hydroxylation is 1. The van der Waals surface area contributed by atoms with Gasteiger partial charge in [-0.2, -0.15) is 5.26 Å². The first-order valence-corrected chi connectivity index (χ1v) is 5.84. The van der Waals surface area contributed by atoms with Crippen molar-refractivity contribution in [3.8, 4) is 6.07 Å². The topological polar surface area (TPSA) is 96.0 Å². The van der Waals surface area contributed by atoms with E-state index in [2.05, 4.69) is 10.3 Å². The van der Waals surface area contributed by atoms with Gasteiger partial charge in [0, 0.05) is 6.20 Å². The molecule has 0 fully saturated rings. The van der Waals surface area contributed by atoms with Gasteiger partial charge in [-0.15, -0.1) is 0 Å². The van der Waals surface area contributed by atoms with Crippen molar-refractivity contribution in [2.45, 2.75) is 6.92 Å². The number of pyridine rings is 1. The number of rotatable bonds is 4. The van der Waals surface area contributed by atoms with Crippen LogP contribution in [0.2, 0.25) is 0 Å². The number of furan rings is 1. The van der Waals surface area contributed by atoms with Crippen LogP contribution in [0.4, 0.5) is 5.82 Å². The molecule has 6 heteroatoms. The highest BCUT2D eigenvalue weighted by Gasteiger charge is 2.29. The van der Waals surface area contributed by atoms with Gasteiger partial charge in [0.2, 0.25) is 5.78 Å². The summed E-state index contributed by atoms with van der Waals surface area (Å²) in [6.45, 7) is 1.67. The van der Waals surface area contributed by atoms with Crippen LogP contribution >= 0.6 is 0 Å². The van der Waals surface area contributed by atoms with Gasteiger partial charge in [-0.25, -0.2) is 4.98 Å². The largest absolute Gasteiger partial charge is 0.458 e. The van der Waals surface area contributed by atoms with E-state index in [1.165, 1.54) is 12.3 Å². The second-order valence-corrected chi connectivity index (χ2v) is 4.04. The fourth-order valence-electron chi connectivity index (χ4n) is 1.58. The van der Waals surface area contributed by atoms with E-state index in [1.54, 1.807) is 37.3 Å². The summed E-state index contributed by atoms with van der Waals surface area (Å²) in [4.78, 5) is 27.8. The zero-order valence-corrected chi connectivity index (χ0v) is 10.7. The monoisotopic (exact) mass is 269 g/mol. The van der Waals surface area contributed by atoms with E-state index in [4.69, 9.17) is 9.68 Å². The van der Waals surface area contributed by atoms with E-state index in [9.17, 15) is 9.59 Å². The zero-order valence-electron chi connectivity index (χ0n) is 10.7. The number of carbonyl (C=O) groups is 2. The van der Waals surface area contributed by atoms with E-state index < -0.39 is 17.6 Å². The standard InChI is InChI=1S/C14H11N3O3/c1-9-5-6-11(20-9)13(18)10(8-15)14(19)17-12-4-2-3-7-16-12/h2-7,10H,1H3,(H,16,17,19)/t10-/m0/s1. The number of anilines is 1. The first kappa shape index (κ1) is 13.5. The molecule has 2 rings (SSSR count). The van der Waals surface area contributed by atoms with Crippen LogP contribution in [0.25, 0.3) is 0 Å². The fraction of sp³-hybridized carbons (Fsp3) is 0.143. The Morgan fingerprint density at radius 1 is 1.35 bits per heavy atom. The molecular weight excluding hydrogens is 258 g/mol. The van der Waals surface area contributed by atoms with Crippen molar-refractivity contribution >= 4 is 17.5 Å².